The zero-order valence-corrected chi connectivity index (χ0v) is 20.5. The molecule has 2 N–H and O–H groups in total. The van der Waals surface area contributed by atoms with Crippen molar-refractivity contribution in [2.24, 2.45) is 0 Å². The SMILES string of the molecule is CCOC(=O)Cc1ccccc1OCc1nn(CCF)c2ccc(-c3cccc4c(N)nccc34)cc12. The number of para-hydroxylation sites is 1. The van der Waals surface area contributed by atoms with E-state index in [-0.39, 0.29) is 25.5 Å². The van der Waals surface area contributed by atoms with Gasteiger partial charge in [0.25, 0.3) is 0 Å². The van der Waals surface area contributed by atoms with E-state index in [1.165, 1.54) is 0 Å². The molecule has 3 aromatic carbocycles. The summed E-state index contributed by atoms with van der Waals surface area (Å²) in [6.45, 7) is 1.87. The second kappa shape index (κ2) is 10.7. The van der Waals surface area contributed by atoms with Gasteiger partial charge in [-0.2, -0.15) is 5.10 Å². The second-order valence-electron chi connectivity index (χ2n) is 8.57. The second-order valence-corrected chi connectivity index (χ2v) is 8.57. The lowest BCUT2D eigenvalue weighted by molar-refractivity contribution is -0.142. The number of hydrogen-bond acceptors (Lipinski definition) is 6. The maximum absolute atomic E-state index is 13.3. The Morgan fingerprint density at radius 3 is 2.73 bits per heavy atom. The van der Waals surface area contributed by atoms with Crippen molar-refractivity contribution in [3.05, 3.63) is 84.2 Å². The summed E-state index contributed by atoms with van der Waals surface area (Å²) in [6.07, 6.45) is 1.82. The van der Waals surface area contributed by atoms with Crippen LogP contribution in [0.1, 0.15) is 18.2 Å². The van der Waals surface area contributed by atoms with Gasteiger partial charge in [0.1, 0.15) is 30.5 Å². The lowest BCUT2D eigenvalue weighted by Gasteiger charge is -2.11. The summed E-state index contributed by atoms with van der Waals surface area (Å²) in [4.78, 5) is 16.2. The van der Waals surface area contributed by atoms with Crippen LogP contribution in [0.25, 0.3) is 32.8 Å². The number of ether oxygens (including phenoxy) is 2. The molecule has 0 amide bonds. The number of hydrogen-bond donors (Lipinski definition) is 1. The molecule has 0 bridgehead atoms. The third-order valence-electron chi connectivity index (χ3n) is 6.25. The summed E-state index contributed by atoms with van der Waals surface area (Å²) in [7, 11) is 0. The third-order valence-corrected chi connectivity index (χ3v) is 6.25. The number of fused-ring (bicyclic) bond motifs is 2. The zero-order valence-electron chi connectivity index (χ0n) is 20.5. The van der Waals surface area contributed by atoms with Crippen LogP contribution in [-0.4, -0.2) is 34.0 Å². The van der Waals surface area contributed by atoms with Gasteiger partial charge >= 0.3 is 5.97 Å². The van der Waals surface area contributed by atoms with Crippen molar-refractivity contribution >= 4 is 33.5 Å². The van der Waals surface area contributed by atoms with Gasteiger partial charge in [0.05, 0.1) is 25.1 Å². The van der Waals surface area contributed by atoms with Crippen molar-refractivity contribution < 1.29 is 18.7 Å². The molecule has 8 heteroatoms. The van der Waals surface area contributed by atoms with Crippen molar-refractivity contribution in [2.75, 3.05) is 19.0 Å². The summed E-state index contributed by atoms with van der Waals surface area (Å²) in [5, 5.41) is 7.40. The number of benzene rings is 3. The molecular formula is C29H27FN4O3. The molecule has 5 rings (SSSR count). The van der Waals surface area contributed by atoms with Crippen LogP contribution in [0, 0.1) is 0 Å². The monoisotopic (exact) mass is 498 g/mol. The van der Waals surface area contributed by atoms with Gasteiger partial charge in [0, 0.05) is 22.5 Å². The molecule has 188 valence electrons. The molecular weight excluding hydrogens is 471 g/mol. The van der Waals surface area contributed by atoms with Crippen LogP contribution in [0.2, 0.25) is 0 Å². The molecule has 0 fully saturated rings. The predicted molar refractivity (Wildman–Crippen MR) is 142 cm³/mol. The minimum Gasteiger partial charge on any atom is -0.487 e. The van der Waals surface area contributed by atoms with Crippen LogP contribution in [0.4, 0.5) is 10.2 Å². The van der Waals surface area contributed by atoms with Gasteiger partial charge in [0.2, 0.25) is 0 Å². The first kappa shape index (κ1) is 24.2. The van der Waals surface area contributed by atoms with E-state index in [2.05, 4.69) is 10.1 Å². The first-order chi connectivity index (χ1) is 18.1. The van der Waals surface area contributed by atoms with Crippen molar-refractivity contribution in [1.29, 1.82) is 0 Å². The molecule has 0 saturated carbocycles. The molecule has 7 nitrogen and oxygen atoms in total. The number of nitrogen functional groups attached to an aromatic ring is 1. The van der Waals surface area contributed by atoms with Crippen LogP contribution >= 0.6 is 0 Å². The fraction of sp³-hybridized carbons (Fsp3) is 0.207. The van der Waals surface area contributed by atoms with Gasteiger partial charge in [0.15, 0.2) is 0 Å². The van der Waals surface area contributed by atoms with E-state index >= 15 is 0 Å². The molecule has 37 heavy (non-hydrogen) atoms. The molecule has 0 radical (unpaired) electrons. The number of halogens is 1. The van der Waals surface area contributed by atoms with E-state index in [4.69, 9.17) is 15.2 Å². The highest BCUT2D eigenvalue weighted by atomic mass is 19.1. The van der Waals surface area contributed by atoms with Crippen molar-refractivity contribution in [3.63, 3.8) is 0 Å². The van der Waals surface area contributed by atoms with Crippen LogP contribution < -0.4 is 10.5 Å². The number of anilines is 1. The lowest BCUT2D eigenvalue weighted by Crippen LogP contribution is -2.09. The Morgan fingerprint density at radius 1 is 1.03 bits per heavy atom. The number of esters is 1. The number of aromatic nitrogens is 3. The first-order valence-electron chi connectivity index (χ1n) is 12.1. The summed E-state index contributed by atoms with van der Waals surface area (Å²) in [6, 6.07) is 21.3. The zero-order chi connectivity index (χ0) is 25.8. The molecule has 2 aromatic heterocycles. The Bertz CT molecular complexity index is 1580. The van der Waals surface area contributed by atoms with Crippen molar-refractivity contribution in [1.82, 2.24) is 14.8 Å². The number of nitrogens with zero attached hydrogens (tertiary/aromatic N) is 3. The Morgan fingerprint density at radius 2 is 1.89 bits per heavy atom. The molecule has 0 atom stereocenters. The highest BCUT2D eigenvalue weighted by Crippen LogP contribution is 2.33. The minimum atomic E-state index is -0.531. The smallest absolute Gasteiger partial charge is 0.310 e. The van der Waals surface area contributed by atoms with Crippen LogP contribution in [-0.2, 0) is 29.1 Å². The number of carbonyl (C=O) groups excluding carboxylic acids is 1. The standard InChI is InChI=1S/C29H27FN4O3/c1-2-36-28(35)17-20-6-3-4-9-27(20)37-18-25-24-16-19(10-11-26(24)34(33-25)15-13-30)21-7-5-8-23-22(21)12-14-32-29(23)31/h3-12,14,16H,2,13,15,17-18H2,1H3,(H2,31,32). The first-order valence-corrected chi connectivity index (χ1v) is 12.1. The number of rotatable bonds is 9. The minimum absolute atomic E-state index is 0.115. The van der Waals surface area contributed by atoms with E-state index in [0.29, 0.717) is 23.9 Å². The van der Waals surface area contributed by atoms with Crippen LogP contribution in [0.15, 0.2) is 72.9 Å². The molecule has 0 aliphatic rings. The Kier molecular flexibility index (Phi) is 6.98. The van der Waals surface area contributed by atoms with Crippen LogP contribution in [0.5, 0.6) is 5.75 Å². The normalized spacial score (nSPS) is 11.2. The summed E-state index contributed by atoms with van der Waals surface area (Å²) in [5.74, 6) is 0.746. The Labute approximate surface area is 213 Å². The molecule has 0 unspecified atom stereocenters. The number of aryl methyl sites for hydroxylation is 1. The summed E-state index contributed by atoms with van der Waals surface area (Å²) >= 11 is 0. The van der Waals surface area contributed by atoms with E-state index in [9.17, 15) is 9.18 Å². The molecule has 0 spiro atoms. The van der Waals surface area contributed by atoms with Crippen molar-refractivity contribution in [2.45, 2.75) is 26.5 Å². The van der Waals surface area contributed by atoms with Gasteiger partial charge in [-0.15, -0.1) is 0 Å². The third kappa shape index (κ3) is 4.95. The van der Waals surface area contributed by atoms with Crippen LogP contribution in [0.3, 0.4) is 0 Å². The Hall–Kier alpha value is -4.46. The van der Waals surface area contributed by atoms with Gasteiger partial charge in [-0.25, -0.2) is 9.37 Å². The van der Waals surface area contributed by atoms with Crippen molar-refractivity contribution in [3.8, 4) is 16.9 Å². The summed E-state index contributed by atoms with van der Waals surface area (Å²) in [5.41, 5.74) is 10.3. The Balaban J connectivity index is 1.52. The van der Waals surface area contributed by atoms with Gasteiger partial charge in [-0.1, -0.05) is 42.5 Å². The molecule has 0 aliphatic heterocycles. The largest absolute Gasteiger partial charge is 0.487 e. The number of alkyl halides is 1. The van der Waals surface area contributed by atoms with Gasteiger partial charge in [-0.05, 0) is 47.7 Å². The van der Waals surface area contributed by atoms with E-state index in [1.807, 2.05) is 66.7 Å². The maximum Gasteiger partial charge on any atom is 0.310 e. The molecule has 5 aromatic rings. The fourth-order valence-corrected chi connectivity index (χ4v) is 4.56. The van der Waals surface area contributed by atoms with Gasteiger partial charge in [-0.3, -0.25) is 9.48 Å². The maximum atomic E-state index is 13.3. The van der Waals surface area contributed by atoms with E-state index in [1.54, 1.807) is 17.8 Å². The lowest BCUT2D eigenvalue weighted by atomic mass is 9.97. The number of pyridine rings is 1. The number of nitrogens with two attached hydrogens (primary N) is 1. The fourth-order valence-electron chi connectivity index (χ4n) is 4.56. The molecule has 0 aliphatic carbocycles. The highest BCUT2D eigenvalue weighted by molar-refractivity contribution is 6.02. The number of carbonyl (C=O) groups is 1. The highest BCUT2D eigenvalue weighted by Gasteiger charge is 2.16. The van der Waals surface area contributed by atoms with E-state index < -0.39 is 6.67 Å². The predicted octanol–water partition coefficient (Wildman–Crippen LogP) is 5.49. The van der Waals surface area contributed by atoms with E-state index in [0.717, 1.165) is 38.4 Å². The quantitative estimate of drug-likeness (QED) is 0.270. The molecule has 0 saturated heterocycles. The average Bonchev–Trinajstić information content (AvgIpc) is 3.25. The van der Waals surface area contributed by atoms with Gasteiger partial charge < -0.3 is 15.2 Å². The molecule has 2 heterocycles. The topological polar surface area (TPSA) is 92.3 Å². The summed E-state index contributed by atoms with van der Waals surface area (Å²) < 4.78 is 26.2. The average molecular weight is 499 g/mol.